The van der Waals surface area contributed by atoms with Crippen molar-refractivity contribution in [3.05, 3.63) is 18.0 Å². The first-order valence-electron chi connectivity index (χ1n) is 8.81. The number of aromatic nitrogens is 2. The van der Waals surface area contributed by atoms with Crippen LogP contribution >= 0.6 is 24.0 Å². The highest BCUT2D eigenvalue weighted by Crippen LogP contribution is 2.18. The Hall–Kier alpha value is -1.32. The number of aryl methyl sites for hydroxylation is 1. The molecule has 2 heterocycles. The normalized spacial score (nSPS) is 17.8. The molecule has 0 amide bonds. The number of guanidine groups is 1. The van der Waals surface area contributed by atoms with Gasteiger partial charge < -0.3 is 15.0 Å². The maximum atomic E-state index is 12.0. The number of aliphatic imine (C=N–C) groups is 1. The van der Waals surface area contributed by atoms with Crippen molar-refractivity contribution in [3.63, 3.8) is 0 Å². The maximum absolute atomic E-state index is 12.0. The Balaban J connectivity index is 0.00000312. The van der Waals surface area contributed by atoms with Crippen molar-refractivity contribution < 1.29 is 9.53 Å². The van der Waals surface area contributed by atoms with Gasteiger partial charge in [0, 0.05) is 39.4 Å². The van der Waals surface area contributed by atoms with E-state index in [4.69, 9.17) is 9.73 Å². The second-order valence-electron chi connectivity index (χ2n) is 6.05. The molecule has 1 N–H and O–H groups in total. The number of hydrogen-bond donors (Lipinski definition) is 1. The predicted molar refractivity (Wildman–Crippen MR) is 109 cm³/mol. The number of hydrogen-bond acceptors (Lipinski definition) is 4. The molecule has 1 aliphatic heterocycles. The summed E-state index contributed by atoms with van der Waals surface area (Å²) in [6.45, 7) is 7.47. The van der Waals surface area contributed by atoms with Crippen molar-refractivity contribution in [2.45, 2.75) is 33.1 Å². The summed E-state index contributed by atoms with van der Waals surface area (Å²) in [4.78, 5) is 18.9. The van der Waals surface area contributed by atoms with Gasteiger partial charge in [-0.3, -0.25) is 14.5 Å². The number of esters is 1. The van der Waals surface area contributed by atoms with E-state index in [1.54, 1.807) is 4.68 Å². The molecule has 1 aromatic rings. The van der Waals surface area contributed by atoms with Gasteiger partial charge in [-0.2, -0.15) is 5.10 Å². The first-order chi connectivity index (χ1) is 11.6. The minimum Gasteiger partial charge on any atom is -0.466 e. The lowest BCUT2D eigenvalue weighted by Gasteiger charge is -2.34. The number of ether oxygens (including phenoxy) is 1. The average Bonchev–Trinajstić information content (AvgIpc) is 3.00. The van der Waals surface area contributed by atoms with E-state index in [2.05, 4.69) is 22.2 Å². The Labute approximate surface area is 167 Å². The standard InChI is InChI=1S/C17H29N5O2.HI/c1-4-18-17(19-9-8-14-11-20-21(3)12-14)22-10-6-7-15(13-22)16(23)24-5-2;/h11-12,15H,4-10,13H2,1-3H3,(H,18,19);1H. The second kappa shape index (κ2) is 11.3. The Morgan fingerprint density at radius 3 is 2.92 bits per heavy atom. The van der Waals surface area contributed by atoms with Crippen LogP contribution in [0.4, 0.5) is 0 Å². The van der Waals surface area contributed by atoms with Crippen LogP contribution in [-0.2, 0) is 23.0 Å². The van der Waals surface area contributed by atoms with Gasteiger partial charge in [-0.15, -0.1) is 24.0 Å². The molecule has 8 heteroatoms. The Bertz CT molecular complexity index is 561. The predicted octanol–water partition coefficient (Wildman–Crippen LogP) is 1.82. The van der Waals surface area contributed by atoms with Crippen molar-refractivity contribution in [3.8, 4) is 0 Å². The first-order valence-corrected chi connectivity index (χ1v) is 8.81. The third-order valence-electron chi connectivity index (χ3n) is 4.10. The maximum Gasteiger partial charge on any atom is 0.310 e. The van der Waals surface area contributed by atoms with Crippen LogP contribution in [0.5, 0.6) is 0 Å². The summed E-state index contributed by atoms with van der Waals surface area (Å²) in [6.07, 6.45) is 6.62. The molecule has 1 fully saturated rings. The van der Waals surface area contributed by atoms with Crippen molar-refractivity contribution in [2.24, 2.45) is 18.0 Å². The van der Waals surface area contributed by atoms with Gasteiger partial charge in [0.15, 0.2) is 5.96 Å². The fraction of sp³-hybridized carbons (Fsp3) is 0.706. The van der Waals surface area contributed by atoms with Gasteiger partial charge in [-0.1, -0.05) is 0 Å². The fourth-order valence-corrected chi connectivity index (χ4v) is 2.94. The van der Waals surface area contributed by atoms with Crippen LogP contribution < -0.4 is 5.32 Å². The largest absolute Gasteiger partial charge is 0.466 e. The first kappa shape index (κ1) is 21.7. The van der Waals surface area contributed by atoms with Gasteiger partial charge in [0.1, 0.15) is 0 Å². The van der Waals surface area contributed by atoms with Crippen molar-refractivity contribution >= 4 is 35.9 Å². The highest BCUT2D eigenvalue weighted by atomic mass is 127. The average molecular weight is 463 g/mol. The number of carbonyl (C=O) groups excluding carboxylic acids is 1. The lowest BCUT2D eigenvalue weighted by Crippen LogP contribution is -2.48. The molecule has 25 heavy (non-hydrogen) atoms. The molecule has 0 saturated carbocycles. The molecule has 1 unspecified atom stereocenters. The van der Waals surface area contributed by atoms with Crippen LogP contribution in [0.25, 0.3) is 0 Å². The molecule has 7 nitrogen and oxygen atoms in total. The van der Waals surface area contributed by atoms with E-state index in [1.807, 2.05) is 26.4 Å². The molecular weight excluding hydrogens is 433 g/mol. The second-order valence-corrected chi connectivity index (χ2v) is 6.05. The van der Waals surface area contributed by atoms with Gasteiger partial charge in [0.25, 0.3) is 0 Å². The molecule has 0 radical (unpaired) electrons. The molecule has 1 saturated heterocycles. The van der Waals surface area contributed by atoms with E-state index in [9.17, 15) is 4.79 Å². The molecule has 0 aliphatic carbocycles. The molecule has 142 valence electrons. The lowest BCUT2D eigenvalue weighted by molar-refractivity contribution is -0.149. The zero-order valence-electron chi connectivity index (χ0n) is 15.4. The molecule has 0 aromatic carbocycles. The van der Waals surface area contributed by atoms with E-state index in [0.29, 0.717) is 19.7 Å². The third kappa shape index (κ3) is 6.83. The van der Waals surface area contributed by atoms with Crippen molar-refractivity contribution in [1.29, 1.82) is 0 Å². The summed E-state index contributed by atoms with van der Waals surface area (Å²) in [5, 5.41) is 7.52. The fourth-order valence-electron chi connectivity index (χ4n) is 2.94. The Morgan fingerprint density at radius 2 is 2.28 bits per heavy atom. The lowest BCUT2D eigenvalue weighted by atomic mass is 9.98. The van der Waals surface area contributed by atoms with Crippen molar-refractivity contribution in [1.82, 2.24) is 20.0 Å². The number of nitrogens with one attached hydrogen (secondary N) is 1. The molecule has 1 aliphatic rings. The Kier molecular flexibility index (Phi) is 9.84. The van der Waals surface area contributed by atoms with Crippen LogP contribution in [0.2, 0.25) is 0 Å². The molecular formula is C17H30IN5O2. The summed E-state index contributed by atoms with van der Waals surface area (Å²) >= 11 is 0. The molecule has 1 aromatic heterocycles. The zero-order valence-corrected chi connectivity index (χ0v) is 17.7. The van der Waals surface area contributed by atoms with E-state index in [0.717, 1.165) is 38.3 Å². The van der Waals surface area contributed by atoms with Crippen LogP contribution in [-0.4, -0.2) is 59.4 Å². The minimum atomic E-state index is -0.0894. The summed E-state index contributed by atoms with van der Waals surface area (Å²) in [7, 11) is 1.92. The zero-order chi connectivity index (χ0) is 17.4. The van der Waals surface area contributed by atoms with E-state index in [-0.39, 0.29) is 35.9 Å². The molecule has 2 rings (SSSR count). The quantitative estimate of drug-likeness (QED) is 0.302. The van der Waals surface area contributed by atoms with Gasteiger partial charge >= 0.3 is 5.97 Å². The minimum absolute atomic E-state index is 0. The van der Waals surface area contributed by atoms with Crippen LogP contribution in [0.3, 0.4) is 0 Å². The SMILES string of the molecule is CCNC(=NCCc1cnn(C)c1)N1CCCC(C(=O)OCC)C1.I. The molecule has 0 bridgehead atoms. The van der Waals surface area contributed by atoms with E-state index in [1.165, 1.54) is 5.56 Å². The number of likely N-dealkylation sites (tertiary alicyclic amines) is 1. The van der Waals surface area contributed by atoms with Crippen LogP contribution in [0.1, 0.15) is 32.3 Å². The number of nitrogens with zero attached hydrogens (tertiary/aromatic N) is 4. The van der Waals surface area contributed by atoms with Gasteiger partial charge in [-0.25, -0.2) is 0 Å². The summed E-state index contributed by atoms with van der Waals surface area (Å²) in [5.74, 6) is 0.740. The van der Waals surface area contributed by atoms with E-state index < -0.39 is 0 Å². The highest BCUT2D eigenvalue weighted by Gasteiger charge is 2.28. The van der Waals surface area contributed by atoms with Crippen molar-refractivity contribution in [2.75, 3.05) is 32.8 Å². The highest BCUT2D eigenvalue weighted by molar-refractivity contribution is 14.0. The third-order valence-corrected chi connectivity index (χ3v) is 4.10. The van der Waals surface area contributed by atoms with Gasteiger partial charge in [0.05, 0.1) is 18.7 Å². The number of halogens is 1. The van der Waals surface area contributed by atoms with Crippen LogP contribution in [0, 0.1) is 5.92 Å². The van der Waals surface area contributed by atoms with Gasteiger partial charge in [0.2, 0.25) is 0 Å². The number of carbonyl (C=O) groups is 1. The smallest absolute Gasteiger partial charge is 0.310 e. The molecule has 0 spiro atoms. The van der Waals surface area contributed by atoms with Crippen LogP contribution in [0.15, 0.2) is 17.4 Å². The monoisotopic (exact) mass is 463 g/mol. The summed E-state index contributed by atoms with van der Waals surface area (Å²) in [5.41, 5.74) is 1.18. The summed E-state index contributed by atoms with van der Waals surface area (Å²) < 4.78 is 6.98. The summed E-state index contributed by atoms with van der Waals surface area (Å²) in [6, 6.07) is 0. The topological polar surface area (TPSA) is 71.8 Å². The van der Waals surface area contributed by atoms with Gasteiger partial charge in [-0.05, 0) is 38.7 Å². The Morgan fingerprint density at radius 1 is 1.48 bits per heavy atom. The number of piperidine rings is 1. The molecule has 1 atom stereocenters. The van der Waals surface area contributed by atoms with E-state index >= 15 is 0 Å². The number of rotatable bonds is 6.